The summed E-state index contributed by atoms with van der Waals surface area (Å²) >= 11 is 0. The lowest BCUT2D eigenvalue weighted by molar-refractivity contribution is -0.224. The number of carbonyl (C=O) groups excluding carboxylic acids is 2. The number of rotatable bonds is 2. The molecule has 2 heterocycles. The molecule has 0 radical (unpaired) electrons. The molecule has 2 saturated heterocycles. The molecule has 0 amide bonds. The summed E-state index contributed by atoms with van der Waals surface area (Å²) in [5.41, 5.74) is -1.89. The van der Waals surface area contributed by atoms with E-state index in [1.54, 1.807) is 6.92 Å². The monoisotopic (exact) mass is 240 g/mol. The van der Waals surface area contributed by atoms with Crippen molar-refractivity contribution < 1.29 is 23.8 Å². The van der Waals surface area contributed by atoms with Crippen LogP contribution >= 0.6 is 0 Å². The van der Waals surface area contributed by atoms with Crippen LogP contribution < -0.4 is 0 Å². The van der Waals surface area contributed by atoms with Crippen molar-refractivity contribution in [3.63, 3.8) is 0 Å². The summed E-state index contributed by atoms with van der Waals surface area (Å²) in [4.78, 5) is 23.8. The van der Waals surface area contributed by atoms with Crippen LogP contribution in [0.25, 0.3) is 0 Å². The second-order valence-corrected chi connectivity index (χ2v) is 5.08. The Kier molecular flexibility index (Phi) is 2.23. The largest absolute Gasteiger partial charge is 0.463 e. The van der Waals surface area contributed by atoms with E-state index in [0.717, 1.165) is 19.3 Å². The fourth-order valence-electron chi connectivity index (χ4n) is 3.38. The lowest BCUT2D eigenvalue weighted by Crippen LogP contribution is -2.56. The number of carbonyl (C=O) groups is 2. The topological polar surface area (TPSA) is 61.8 Å². The van der Waals surface area contributed by atoms with Gasteiger partial charge in [0, 0.05) is 6.42 Å². The Morgan fingerprint density at radius 3 is 3.18 bits per heavy atom. The standard InChI is InChI=1S/C12H16O5/c1-2-15-9(13)12-6-8-4-3-5-11(8,17-12)7-16-10(12)14/h8H,2-7H2,1H3. The smallest absolute Gasteiger partial charge is 0.350 e. The molecule has 5 nitrogen and oxygen atoms in total. The van der Waals surface area contributed by atoms with Gasteiger partial charge in [0.1, 0.15) is 12.2 Å². The van der Waals surface area contributed by atoms with Gasteiger partial charge >= 0.3 is 11.9 Å². The first-order chi connectivity index (χ1) is 8.13. The van der Waals surface area contributed by atoms with Crippen LogP contribution in [0.3, 0.4) is 0 Å². The maximum atomic E-state index is 12.0. The fraction of sp³-hybridized carbons (Fsp3) is 0.833. The lowest BCUT2D eigenvalue weighted by atomic mass is 9.88. The first-order valence-electron chi connectivity index (χ1n) is 6.18. The van der Waals surface area contributed by atoms with Crippen molar-refractivity contribution in [2.45, 2.75) is 43.8 Å². The Morgan fingerprint density at radius 1 is 1.59 bits per heavy atom. The van der Waals surface area contributed by atoms with E-state index >= 15 is 0 Å². The molecule has 2 aliphatic heterocycles. The molecule has 3 atom stereocenters. The second kappa shape index (κ2) is 3.45. The van der Waals surface area contributed by atoms with Crippen molar-refractivity contribution in [2.75, 3.05) is 13.2 Å². The van der Waals surface area contributed by atoms with E-state index in [4.69, 9.17) is 14.2 Å². The normalized spacial score (nSPS) is 43.1. The fourth-order valence-corrected chi connectivity index (χ4v) is 3.38. The van der Waals surface area contributed by atoms with Crippen LogP contribution in [-0.2, 0) is 23.8 Å². The Morgan fingerprint density at radius 2 is 2.41 bits per heavy atom. The highest BCUT2D eigenvalue weighted by Crippen LogP contribution is 2.55. The molecular formula is C12H16O5. The van der Waals surface area contributed by atoms with Gasteiger partial charge in [-0.15, -0.1) is 0 Å². The average molecular weight is 240 g/mol. The van der Waals surface area contributed by atoms with Crippen LogP contribution in [0.2, 0.25) is 0 Å². The molecule has 0 aromatic carbocycles. The van der Waals surface area contributed by atoms with Crippen LogP contribution in [0, 0.1) is 5.92 Å². The maximum absolute atomic E-state index is 12.0. The predicted molar refractivity (Wildman–Crippen MR) is 56.1 cm³/mol. The molecule has 0 aromatic heterocycles. The number of hydrogen-bond donors (Lipinski definition) is 0. The van der Waals surface area contributed by atoms with E-state index < -0.39 is 23.1 Å². The molecule has 1 aliphatic carbocycles. The third-order valence-electron chi connectivity index (χ3n) is 4.19. The van der Waals surface area contributed by atoms with Crippen molar-refractivity contribution >= 4 is 11.9 Å². The molecule has 3 unspecified atom stereocenters. The molecule has 3 aliphatic rings. The molecule has 0 N–H and O–H groups in total. The summed E-state index contributed by atoms with van der Waals surface area (Å²) < 4.78 is 16.0. The predicted octanol–water partition coefficient (Wildman–Crippen LogP) is 0.804. The van der Waals surface area contributed by atoms with E-state index in [1.807, 2.05) is 0 Å². The minimum atomic E-state index is -1.47. The Labute approximate surface area is 99.4 Å². The summed E-state index contributed by atoms with van der Waals surface area (Å²) in [6.07, 6.45) is 3.36. The van der Waals surface area contributed by atoms with Crippen molar-refractivity contribution in [3.05, 3.63) is 0 Å². The zero-order valence-corrected chi connectivity index (χ0v) is 9.86. The van der Waals surface area contributed by atoms with E-state index in [0.29, 0.717) is 6.42 Å². The third kappa shape index (κ3) is 1.29. The molecule has 0 aromatic rings. The van der Waals surface area contributed by atoms with E-state index in [-0.39, 0.29) is 19.1 Å². The lowest BCUT2D eigenvalue weighted by Gasteiger charge is -2.36. The number of ether oxygens (including phenoxy) is 3. The van der Waals surface area contributed by atoms with Gasteiger partial charge in [-0.3, -0.25) is 0 Å². The highest BCUT2D eigenvalue weighted by Gasteiger charge is 2.69. The molecule has 1 spiro atoms. The molecule has 2 bridgehead atoms. The molecule has 94 valence electrons. The number of cyclic esters (lactones) is 1. The van der Waals surface area contributed by atoms with E-state index in [1.165, 1.54) is 0 Å². The minimum absolute atomic E-state index is 0.245. The van der Waals surface area contributed by atoms with Crippen LogP contribution in [0.1, 0.15) is 32.6 Å². The summed E-state index contributed by atoms with van der Waals surface area (Å²) in [5.74, 6) is -0.909. The summed E-state index contributed by atoms with van der Waals surface area (Å²) in [6, 6.07) is 0. The van der Waals surface area contributed by atoms with Crippen molar-refractivity contribution in [1.82, 2.24) is 0 Å². The second-order valence-electron chi connectivity index (χ2n) is 5.08. The van der Waals surface area contributed by atoms with Gasteiger partial charge in [0.05, 0.1) is 6.61 Å². The van der Waals surface area contributed by atoms with Crippen LogP contribution in [-0.4, -0.2) is 36.4 Å². The molecule has 3 rings (SSSR count). The maximum Gasteiger partial charge on any atom is 0.350 e. The summed E-state index contributed by atoms with van der Waals surface area (Å²) in [7, 11) is 0. The van der Waals surface area contributed by atoms with Gasteiger partial charge in [-0.2, -0.15) is 0 Å². The zero-order chi connectivity index (χ0) is 12.1. The minimum Gasteiger partial charge on any atom is -0.463 e. The zero-order valence-electron chi connectivity index (χ0n) is 9.86. The van der Waals surface area contributed by atoms with E-state index in [2.05, 4.69) is 0 Å². The number of esters is 2. The van der Waals surface area contributed by atoms with Gasteiger partial charge in [0.2, 0.25) is 0 Å². The summed E-state index contributed by atoms with van der Waals surface area (Å²) in [6.45, 7) is 2.25. The molecule has 3 fully saturated rings. The Balaban J connectivity index is 1.94. The first-order valence-corrected chi connectivity index (χ1v) is 6.18. The summed E-state index contributed by atoms with van der Waals surface area (Å²) in [5, 5.41) is 0. The number of hydrogen-bond acceptors (Lipinski definition) is 5. The first kappa shape index (κ1) is 11.0. The molecule has 17 heavy (non-hydrogen) atoms. The average Bonchev–Trinajstić information content (AvgIpc) is 2.77. The third-order valence-corrected chi connectivity index (χ3v) is 4.19. The Bertz CT molecular complexity index is 379. The van der Waals surface area contributed by atoms with Crippen LogP contribution in [0.4, 0.5) is 0 Å². The molecular weight excluding hydrogens is 224 g/mol. The van der Waals surface area contributed by atoms with Crippen molar-refractivity contribution in [2.24, 2.45) is 5.92 Å². The van der Waals surface area contributed by atoms with Crippen molar-refractivity contribution in [1.29, 1.82) is 0 Å². The van der Waals surface area contributed by atoms with Gasteiger partial charge in [0.15, 0.2) is 0 Å². The van der Waals surface area contributed by atoms with Gasteiger partial charge in [-0.05, 0) is 25.7 Å². The van der Waals surface area contributed by atoms with Gasteiger partial charge in [-0.25, -0.2) is 9.59 Å². The van der Waals surface area contributed by atoms with Crippen LogP contribution in [0.5, 0.6) is 0 Å². The highest BCUT2D eigenvalue weighted by molar-refractivity contribution is 6.04. The Hall–Kier alpha value is -1.10. The van der Waals surface area contributed by atoms with E-state index in [9.17, 15) is 9.59 Å². The quantitative estimate of drug-likeness (QED) is 0.528. The highest BCUT2D eigenvalue weighted by atomic mass is 16.7. The number of fused-ring (bicyclic) bond motifs is 1. The van der Waals surface area contributed by atoms with Gasteiger partial charge < -0.3 is 14.2 Å². The van der Waals surface area contributed by atoms with Crippen LogP contribution in [0.15, 0.2) is 0 Å². The van der Waals surface area contributed by atoms with Crippen molar-refractivity contribution in [3.8, 4) is 0 Å². The SMILES string of the molecule is CCOC(=O)C12CC3CCCC3(COC1=O)O2. The van der Waals surface area contributed by atoms with Gasteiger partial charge in [0.25, 0.3) is 5.60 Å². The van der Waals surface area contributed by atoms with Gasteiger partial charge in [-0.1, -0.05) is 6.42 Å². The molecule has 5 heteroatoms. The molecule has 1 saturated carbocycles.